The van der Waals surface area contributed by atoms with Gasteiger partial charge in [-0.3, -0.25) is 4.98 Å². The molecule has 0 aliphatic rings. The van der Waals surface area contributed by atoms with Gasteiger partial charge in [-0.2, -0.15) is 0 Å². The molecule has 1 rings (SSSR count). The maximum Gasteiger partial charge on any atom is 0.341 e. The monoisotopic (exact) mass is 195 g/mol. The molecule has 1 N–H and O–H groups in total. The third-order valence-electron chi connectivity index (χ3n) is 1.64. The average molecular weight is 195 g/mol. The van der Waals surface area contributed by atoms with Crippen LogP contribution in [0.4, 0.5) is 0 Å². The van der Waals surface area contributed by atoms with E-state index in [1.807, 2.05) is 6.92 Å². The molecule has 0 spiro atoms. The molecule has 76 valence electrons. The van der Waals surface area contributed by atoms with Gasteiger partial charge in [-0.15, -0.1) is 0 Å². The predicted molar refractivity (Wildman–Crippen MR) is 50.4 cm³/mol. The summed E-state index contributed by atoms with van der Waals surface area (Å²) in [4.78, 5) is 15.0. The number of ether oxygens (including phenoxy) is 1. The van der Waals surface area contributed by atoms with Crippen molar-refractivity contribution in [3.05, 3.63) is 30.1 Å². The average Bonchev–Trinajstić information content (AvgIpc) is 2.26. The molecule has 0 bridgehead atoms. The van der Waals surface area contributed by atoms with E-state index < -0.39 is 12.1 Å². The molecule has 0 amide bonds. The Balaban J connectivity index is 2.57. The van der Waals surface area contributed by atoms with Crippen LogP contribution in [0.3, 0.4) is 0 Å². The molecule has 1 aromatic rings. The Bertz CT molecular complexity index is 287. The molecular formula is C10H13NO3. The first-order valence-electron chi connectivity index (χ1n) is 4.51. The minimum atomic E-state index is -1.28. The number of carbonyl (C=O) groups is 1. The zero-order valence-electron chi connectivity index (χ0n) is 8.01. The van der Waals surface area contributed by atoms with E-state index in [-0.39, 0.29) is 0 Å². The first kappa shape index (κ1) is 10.7. The highest BCUT2D eigenvalue weighted by molar-refractivity contribution is 5.75. The summed E-state index contributed by atoms with van der Waals surface area (Å²) >= 11 is 0. The molecule has 0 radical (unpaired) electrons. The van der Waals surface area contributed by atoms with Gasteiger partial charge in [0.25, 0.3) is 0 Å². The van der Waals surface area contributed by atoms with Crippen molar-refractivity contribution in [2.24, 2.45) is 0 Å². The Kier molecular flexibility index (Phi) is 4.07. The van der Waals surface area contributed by atoms with E-state index in [9.17, 15) is 9.90 Å². The van der Waals surface area contributed by atoms with Crippen LogP contribution in [-0.2, 0) is 9.53 Å². The number of esters is 1. The fourth-order valence-electron chi connectivity index (χ4n) is 0.940. The van der Waals surface area contributed by atoms with Gasteiger partial charge in [-0.1, -0.05) is 13.0 Å². The summed E-state index contributed by atoms with van der Waals surface area (Å²) < 4.78 is 4.78. The van der Waals surface area contributed by atoms with Gasteiger partial charge < -0.3 is 9.84 Å². The predicted octanol–water partition coefficient (Wildman–Crippen LogP) is 1.07. The standard InChI is InChI=1S/C10H13NO3/c1-2-7-14-10(13)9(12)8-5-3-4-6-11-8/h3-6,9,12H,2,7H2,1H3. The lowest BCUT2D eigenvalue weighted by Crippen LogP contribution is -2.16. The van der Waals surface area contributed by atoms with Gasteiger partial charge in [0.15, 0.2) is 6.10 Å². The van der Waals surface area contributed by atoms with Crippen LogP contribution in [0.2, 0.25) is 0 Å². The highest BCUT2D eigenvalue weighted by Crippen LogP contribution is 2.10. The lowest BCUT2D eigenvalue weighted by Gasteiger charge is -2.08. The van der Waals surface area contributed by atoms with Gasteiger partial charge in [0.05, 0.1) is 12.3 Å². The Hall–Kier alpha value is -1.42. The molecule has 4 nitrogen and oxygen atoms in total. The molecule has 0 fully saturated rings. The highest BCUT2D eigenvalue weighted by atomic mass is 16.5. The van der Waals surface area contributed by atoms with E-state index in [2.05, 4.69) is 4.98 Å². The Morgan fingerprint density at radius 3 is 3.00 bits per heavy atom. The lowest BCUT2D eigenvalue weighted by molar-refractivity contribution is -0.154. The third-order valence-corrected chi connectivity index (χ3v) is 1.64. The van der Waals surface area contributed by atoms with Crippen LogP contribution in [0.1, 0.15) is 25.1 Å². The molecule has 14 heavy (non-hydrogen) atoms. The first-order chi connectivity index (χ1) is 6.75. The van der Waals surface area contributed by atoms with E-state index in [1.165, 1.54) is 6.20 Å². The fourth-order valence-corrected chi connectivity index (χ4v) is 0.940. The maximum atomic E-state index is 11.2. The second kappa shape index (κ2) is 5.34. The van der Waals surface area contributed by atoms with Crippen molar-refractivity contribution < 1.29 is 14.6 Å². The van der Waals surface area contributed by atoms with E-state index >= 15 is 0 Å². The van der Waals surface area contributed by atoms with Crippen LogP contribution in [0.15, 0.2) is 24.4 Å². The topological polar surface area (TPSA) is 59.4 Å². The third kappa shape index (κ3) is 2.81. The van der Waals surface area contributed by atoms with E-state index in [4.69, 9.17) is 4.74 Å². The Morgan fingerprint density at radius 2 is 2.43 bits per heavy atom. The van der Waals surface area contributed by atoms with E-state index in [0.29, 0.717) is 12.3 Å². The minimum absolute atomic E-state index is 0.314. The number of rotatable bonds is 4. The van der Waals surface area contributed by atoms with Crippen LogP contribution >= 0.6 is 0 Å². The summed E-state index contributed by atoms with van der Waals surface area (Å²) in [5.41, 5.74) is 0.314. The second-order valence-electron chi connectivity index (χ2n) is 2.82. The molecule has 0 saturated carbocycles. The minimum Gasteiger partial charge on any atom is -0.463 e. The number of nitrogens with zero attached hydrogens (tertiary/aromatic N) is 1. The normalized spacial score (nSPS) is 12.1. The summed E-state index contributed by atoms with van der Waals surface area (Å²) in [6, 6.07) is 5.00. The molecule has 0 aromatic carbocycles. The zero-order chi connectivity index (χ0) is 10.4. The summed E-state index contributed by atoms with van der Waals surface area (Å²) in [7, 11) is 0. The van der Waals surface area contributed by atoms with E-state index in [1.54, 1.807) is 18.2 Å². The van der Waals surface area contributed by atoms with Gasteiger partial charge in [-0.25, -0.2) is 4.79 Å². The fraction of sp³-hybridized carbons (Fsp3) is 0.400. The number of aliphatic hydroxyl groups excluding tert-OH is 1. The van der Waals surface area contributed by atoms with Crippen molar-refractivity contribution in [3.8, 4) is 0 Å². The molecule has 0 saturated heterocycles. The number of aliphatic hydroxyl groups is 1. The molecule has 0 aliphatic carbocycles. The smallest absolute Gasteiger partial charge is 0.341 e. The van der Waals surface area contributed by atoms with Crippen LogP contribution < -0.4 is 0 Å². The summed E-state index contributed by atoms with van der Waals surface area (Å²) in [5.74, 6) is -0.648. The molecule has 4 heteroatoms. The Labute approximate surface area is 82.5 Å². The van der Waals surface area contributed by atoms with Gasteiger partial charge >= 0.3 is 5.97 Å². The van der Waals surface area contributed by atoms with Crippen LogP contribution in [-0.4, -0.2) is 22.7 Å². The SMILES string of the molecule is CCCOC(=O)C(O)c1ccccn1. The number of hydrogen-bond acceptors (Lipinski definition) is 4. The zero-order valence-corrected chi connectivity index (χ0v) is 8.01. The van der Waals surface area contributed by atoms with Gasteiger partial charge in [0.2, 0.25) is 0 Å². The van der Waals surface area contributed by atoms with Crippen molar-refractivity contribution in [2.75, 3.05) is 6.61 Å². The molecular weight excluding hydrogens is 182 g/mol. The summed E-state index contributed by atoms with van der Waals surface area (Å²) in [5, 5.41) is 9.48. The van der Waals surface area contributed by atoms with Crippen molar-refractivity contribution in [1.82, 2.24) is 4.98 Å². The lowest BCUT2D eigenvalue weighted by atomic mass is 10.2. The number of hydrogen-bond donors (Lipinski definition) is 1. The van der Waals surface area contributed by atoms with Crippen molar-refractivity contribution in [3.63, 3.8) is 0 Å². The molecule has 1 aromatic heterocycles. The molecule has 0 aliphatic heterocycles. The van der Waals surface area contributed by atoms with Crippen molar-refractivity contribution in [2.45, 2.75) is 19.4 Å². The molecule has 1 heterocycles. The van der Waals surface area contributed by atoms with Gasteiger partial charge in [0.1, 0.15) is 0 Å². The van der Waals surface area contributed by atoms with Crippen molar-refractivity contribution in [1.29, 1.82) is 0 Å². The number of pyridine rings is 1. The van der Waals surface area contributed by atoms with Gasteiger partial charge in [-0.05, 0) is 18.6 Å². The highest BCUT2D eigenvalue weighted by Gasteiger charge is 2.19. The van der Waals surface area contributed by atoms with Crippen LogP contribution in [0.25, 0.3) is 0 Å². The largest absolute Gasteiger partial charge is 0.463 e. The second-order valence-corrected chi connectivity index (χ2v) is 2.82. The molecule has 1 atom stereocenters. The quantitative estimate of drug-likeness (QED) is 0.730. The number of carbonyl (C=O) groups excluding carboxylic acids is 1. The van der Waals surface area contributed by atoms with E-state index in [0.717, 1.165) is 6.42 Å². The van der Waals surface area contributed by atoms with Gasteiger partial charge in [0, 0.05) is 6.20 Å². The molecule has 1 unspecified atom stereocenters. The maximum absolute atomic E-state index is 11.2. The number of aromatic nitrogens is 1. The van der Waals surface area contributed by atoms with Crippen molar-refractivity contribution >= 4 is 5.97 Å². The van der Waals surface area contributed by atoms with Crippen LogP contribution in [0, 0.1) is 0 Å². The summed E-state index contributed by atoms with van der Waals surface area (Å²) in [6.45, 7) is 2.21. The summed E-state index contributed by atoms with van der Waals surface area (Å²) in [6.07, 6.45) is 0.981. The van der Waals surface area contributed by atoms with Crippen LogP contribution in [0.5, 0.6) is 0 Å². The first-order valence-corrected chi connectivity index (χ1v) is 4.51. The Morgan fingerprint density at radius 1 is 1.64 bits per heavy atom.